The van der Waals surface area contributed by atoms with Gasteiger partial charge in [0, 0.05) is 18.7 Å². The van der Waals surface area contributed by atoms with Crippen molar-refractivity contribution in [2.75, 3.05) is 13.7 Å². The molecule has 7 heteroatoms. The quantitative estimate of drug-likeness (QED) is 0.665. The smallest absolute Gasteiger partial charge is 0.269 e. The lowest BCUT2D eigenvalue weighted by atomic mass is 10.1. The topological polar surface area (TPSA) is 93.9 Å². The Hall–Kier alpha value is -2.64. The van der Waals surface area contributed by atoms with Gasteiger partial charge in [-0.2, -0.15) is 0 Å². The van der Waals surface area contributed by atoms with Crippen LogP contribution in [0.3, 0.4) is 0 Å². The Labute approximate surface area is 132 Å². The minimum atomic E-state index is -0.428. The van der Waals surface area contributed by atoms with Crippen LogP contribution in [0.4, 0.5) is 5.69 Å². The summed E-state index contributed by atoms with van der Waals surface area (Å²) >= 11 is 0. The van der Waals surface area contributed by atoms with Crippen molar-refractivity contribution in [1.29, 1.82) is 0 Å². The number of nitro benzene ring substituents is 1. The highest BCUT2D eigenvalue weighted by Crippen LogP contribution is 2.35. The van der Waals surface area contributed by atoms with Gasteiger partial charge in [-0.1, -0.05) is 6.07 Å². The number of aromatic hydroxyl groups is 1. The molecule has 1 aliphatic rings. The van der Waals surface area contributed by atoms with Gasteiger partial charge >= 0.3 is 0 Å². The van der Waals surface area contributed by atoms with Crippen LogP contribution in [-0.4, -0.2) is 23.7 Å². The van der Waals surface area contributed by atoms with Gasteiger partial charge in [0.05, 0.1) is 18.1 Å². The lowest BCUT2D eigenvalue weighted by Gasteiger charge is -2.14. The standard InChI is InChI=1S/C16H16N2O5/c1-22-14-8-11(4-7-13(14)19)16-17-9-15(23-16)10-2-5-12(6-3-10)18(20)21/h2-8,15-17,19H,9H2,1H3. The summed E-state index contributed by atoms with van der Waals surface area (Å²) in [5, 5.41) is 23.6. The van der Waals surface area contributed by atoms with Gasteiger partial charge in [0.1, 0.15) is 6.23 Å². The van der Waals surface area contributed by atoms with Gasteiger partial charge in [-0.25, -0.2) is 0 Å². The first-order chi connectivity index (χ1) is 11.1. The fourth-order valence-electron chi connectivity index (χ4n) is 2.54. The minimum Gasteiger partial charge on any atom is -0.504 e. The Morgan fingerprint density at radius 2 is 1.96 bits per heavy atom. The maximum Gasteiger partial charge on any atom is 0.269 e. The average Bonchev–Trinajstić information content (AvgIpc) is 3.05. The summed E-state index contributed by atoms with van der Waals surface area (Å²) in [5.74, 6) is 0.452. The van der Waals surface area contributed by atoms with E-state index in [1.54, 1.807) is 30.3 Å². The van der Waals surface area contributed by atoms with Crippen molar-refractivity contribution in [3.63, 3.8) is 0 Å². The van der Waals surface area contributed by atoms with Gasteiger partial charge in [-0.3, -0.25) is 15.4 Å². The maximum absolute atomic E-state index is 10.7. The number of benzene rings is 2. The molecule has 2 unspecified atom stereocenters. The number of non-ortho nitro benzene ring substituents is 1. The van der Waals surface area contributed by atoms with Crippen LogP contribution in [0, 0.1) is 10.1 Å². The maximum atomic E-state index is 10.7. The number of nitrogens with zero attached hydrogens (tertiary/aromatic N) is 1. The molecule has 0 saturated carbocycles. The van der Waals surface area contributed by atoms with Gasteiger partial charge in [0.15, 0.2) is 11.5 Å². The van der Waals surface area contributed by atoms with Crippen LogP contribution >= 0.6 is 0 Å². The van der Waals surface area contributed by atoms with E-state index >= 15 is 0 Å². The predicted molar refractivity (Wildman–Crippen MR) is 82.3 cm³/mol. The molecule has 0 spiro atoms. The molecule has 0 amide bonds. The highest BCUT2D eigenvalue weighted by atomic mass is 16.6. The summed E-state index contributed by atoms with van der Waals surface area (Å²) in [7, 11) is 1.49. The predicted octanol–water partition coefficient (Wildman–Crippen LogP) is 2.67. The molecule has 3 rings (SSSR count). The van der Waals surface area contributed by atoms with Gasteiger partial charge in [-0.05, 0) is 35.4 Å². The van der Waals surface area contributed by atoms with E-state index in [4.69, 9.17) is 9.47 Å². The molecule has 0 bridgehead atoms. The van der Waals surface area contributed by atoms with Gasteiger partial charge < -0.3 is 14.6 Å². The SMILES string of the molecule is COc1cc(C2NCC(c3ccc([N+](=O)[O-])cc3)O2)ccc1O. The lowest BCUT2D eigenvalue weighted by molar-refractivity contribution is -0.384. The van der Waals surface area contributed by atoms with Crippen molar-refractivity contribution in [3.8, 4) is 11.5 Å². The van der Waals surface area contributed by atoms with Gasteiger partial charge in [0.25, 0.3) is 5.69 Å². The molecule has 1 fully saturated rings. The third-order valence-corrected chi connectivity index (χ3v) is 3.77. The average molecular weight is 316 g/mol. The van der Waals surface area contributed by atoms with E-state index in [0.29, 0.717) is 12.3 Å². The number of phenols is 1. The van der Waals surface area contributed by atoms with Gasteiger partial charge in [0.2, 0.25) is 0 Å². The zero-order valence-corrected chi connectivity index (χ0v) is 12.4. The van der Waals surface area contributed by atoms with E-state index < -0.39 is 4.92 Å². The number of nitrogens with one attached hydrogen (secondary N) is 1. The number of nitro groups is 1. The molecule has 2 aromatic carbocycles. The highest BCUT2D eigenvalue weighted by molar-refractivity contribution is 5.42. The third-order valence-electron chi connectivity index (χ3n) is 3.77. The van der Waals surface area contributed by atoms with E-state index in [2.05, 4.69) is 5.32 Å². The number of rotatable bonds is 4. The van der Waals surface area contributed by atoms with Crippen molar-refractivity contribution >= 4 is 5.69 Å². The van der Waals surface area contributed by atoms with E-state index in [0.717, 1.165) is 11.1 Å². The second kappa shape index (κ2) is 6.23. The largest absolute Gasteiger partial charge is 0.504 e. The molecule has 1 saturated heterocycles. The normalized spacial score (nSPS) is 20.4. The van der Waals surface area contributed by atoms with Crippen molar-refractivity contribution in [2.45, 2.75) is 12.3 Å². The zero-order valence-electron chi connectivity index (χ0n) is 12.4. The number of methoxy groups -OCH3 is 1. The van der Waals surface area contributed by atoms with Crippen LogP contribution in [0.15, 0.2) is 42.5 Å². The summed E-state index contributed by atoms with van der Waals surface area (Å²) in [6, 6.07) is 11.4. The summed E-state index contributed by atoms with van der Waals surface area (Å²) < 4.78 is 11.1. The Morgan fingerprint density at radius 1 is 1.26 bits per heavy atom. The monoisotopic (exact) mass is 316 g/mol. The molecule has 0 aliphatic carbocycles. The summed E-state index contributed by atoms with van der Waals surface area (Å²) in [5.41, 5.74) is 1.76. The highest BCUT2D eigenvalue weighted by Gasteiger charge is 2.28. The van der Waals surface area contributed by atoms with E-state index in [1.807, 2.05) is 0 Å². The van der Waals surface area contributed by atoms with Crippen LogP contribution < -0.4 is 10.1 Å². The lowest BCUT2D eigenvalue weighted by Crippen LogP contribution is -2.14. The summed E-state index contributed by atoms with van der Waals surface area (Å²) in [6.07, 6.45) is -0.523. The fraction of sp³-hybridized carbons (Fsp3) is 0.250. The fourth-order valence-corrected chi connectivity index (χ4v) is 2.54. The third kappa shape index (κ3) is 3.10. The van der Waals surface area contributed by atoms with Gasteiger partial charge in [-0.15, -0.1) is 0 Å². The summed E-state index contributed by atoms with van der Waals surface area (Å²) in [6.45, 7) is 0.589. The Bertz CT molecular complexity index is 717. The molecular weight excluding hydrogens is 300 g/mol. The van der Waals surface area contributed by atoms with Crippen LogP contribution in [0.2, 0.25) is 0 Å². The Balaban J connectivity index is 1.74. The molecule has 1 aliphatic heterocycles. The number of phenolic OH excluding ortho intramolecular Hbond substituents is 1. The number of hydrogen-bond donors (Lipinski definition) is 2. The summed E-state index contributed by atoms with van der Waals surface area (Å²) in [4.78, 5) is 10.3. The van der Waals surface area contributed by atoms with Crippen LogP contribution in [-0.2, 0) is 4.74 Å². The molecule has 2 aromatic rings. The second-order valence-corrected chi connectivity index (χ2v) is 5.19. The molecule has 23 heavy (non-hydrogen) atoms. The Kier molecular flexibility index (Phi) is 4.14. The molecule has 0 aromatic heterocycles. The number of hydrogen-bond acceptors (Lipinski definition) is 6. The first-order valence-electron chi connectivity index (χ1n) is 7.08. The molecule has 120 valence electrons. The molecule has 2 N–H and O–H groups in total. The van der Waals surface area contributed by atoms with Crippen molar-refractivity contribution in [2.24, 2.45) is 0 Å². The minimum absolute atomic E-state index is 0.0551. The van der Waals surface area contributed by atoms with E-state index in [1.165, 1.54) is 19.2 Å². The van der Waals surface area contributed by atoms with Crippen LogP contribution in [0.1, 0.15) is 23.5 Å². The molecule has 1 heterocycles. The van der Waals surface area contributed by atoms with Crippen molar-refractivity contribution < 1.29 is 19.5 Å². The molecule has 0 radical (unpaired) electrons. The van der Waals surface area contributed by atoms with Crippen LogP contribution in [0.5, 0.6) is 11.5 Å². The van der Waals surface area contributed by atoms with E-state index in [-0.39, 0.29) is 23.8 Å². The zero-order chi connectivity index (χ0) is 16.4. The van der Waals surface area contributed by atoms with E-state index in [9.17, 15) is 15.2 Å². The number of ether oxygens (including phenoxy) is 2. The molecule has 7 nitrogen and oxygen atoms in total. The first-order valence-corrected chi connectivity index (χ1v) is 7.08. The molecular formula is C16H16N2O5. The second-order valence-electron chi connectivity index (χ2n) is 5.19. The van der Waals surface area contributed by atoms with Crippen molar-refractivity contribution in [3.05, 3.63) is 63.7 Å². The Morgan fingerprint density at radius 3 is 2.61 bits per heavy atom. The first kappa shape index (κ1) is 15.3. The van der Waals surface area contributed by atoms with Crippen LogP contribution in [0.25, 0.3) is 0 Å². The molecule has 2 atom stereocenters. The van der Waals surface area contributed by atoms with Crippen molar-refractivity contribution in [1.82, 2.24) is 5.32 Å².